The highest BCUT2D eigenvalue weighted by Gasteiger charge is 2.31. The lowest BCUT2D eigenvalue weighted by molar-refractivity contribution is 0.0502. The van der Waals surface area contributed by atoms with Crippen LogP contribution < -0.4 is 5.32 Å². The fourth-order valence-corrected chi connectivity index (χ4v) is 5.95. The minimum Gasteiger partial charge on any atom is -0.444 e. The average Bonchev–Trinajstić information content (AvgIpc) is 3.39. The third kappa shape index (κ3) is 5.81. The molecular formula is C27H36N2O4S. The van der Waals surface area contributed by atoms with Crippen LogP contribution in [-0.4, -0.2) is 54.8 Å². The Morgan fingerprint density at radius 3 is 2.50 bits per heavy atom. The predicted octanol–water partition coefficient (Wildman–Crippen LogP) is 5.67. The Kier molecular flexibility index (Phi) is 7.33. The van der Waals surface area contributed by atoms with Crippen molar-refractivity contribution in [3.05, 3.63) is 45.8 Å². The van der Waals surface area contributed by atoms with Crippen molar-refractivity contribution >= 4 is 23.3 Å². The van der Waals surface area contributed by atoms with Gasteiger partial charge in [0.1, 0.15) is 5.60 Å². The molecule has 2 aromatic rings. The van der Waals surface area contributed by atoms with Gasteiger partial charge in [-0.05, 0) is 88.1 Å². The molecule has 2 saturated heterocycles. The van der Waals surface area contributed by atoms with E-state index in [0.717, 1.165) is 53.4 Å². The van der Waals surface area contributed by atoms with Gasteiger partial charge in [-0.25, -0.2) is 4.79 Å². The second-order valence-corrected chi connectivity index (χ2v) is 11.5. The van der Waals surface area contributed by atoms with Crippen LogP contribution in [0.15, 0.2) is 24.3 Å². The zero-order chi connectivity index (χ0) is 24.5. The summed E-state index contributed by atoms with van der Waals surface area (Å²) < 4.78 is 10.9. The molecule has 4 rings (SSSR count). The number of nitrogens with one attached hydrogen (secondary N) is 1. The fourth-order valence-electron chi connectivity index (χ4n) is 4.81. The molecule has 34 heavy (non-hydrogen) atoms. The molecule has 0 bridgehead atoms. The lowest BCUT2D eigenvalue weighted by Gasteiger charge is -2.24. The first-order valence-electron chi connectivity index (χ1n) is 12.2. The van der Waals surface area contributed by atoms with Gasteiger partial charge in [0.05, 0.1) is 10.9 Å². The van der Waals surface area contributed by atoms with Gasteiger partial charge < -0.3 is 19.7 Å². The van der Waals surface area contributed by atoms with Crippen molar-refractivity contribution in [2.75, 3.05) is 26.3 Å². The maximum Gasteiger partial charge on any atom is 0.407 e. The highest BCUT2D eigenvalue weighted by Crippen LogP contribution is 2.36. The third-order valence-electron chi connectivity index (χ3n) is 6.52. The van der Waals surface area contributed by atoms with Crippen molar-refractivity contribution in [1.29, 1.82) is 0 Å². The first-order valence-corrected chi connectivity index (χ1v) is 13.0. The lowest BCUT2D eigenvalue weighted by atomic mass is 9.88. The quantitative estimate of drug-likeness (QED) is 0.608. The van der Waals surface area contributed by atoms with Crippen molar-refractivity contribution in [3.63, 3.8) is 0 Å². The van der Waals surface area contributed by atoms with Crippen LogP contribution in [0, 0.1) is 13.8 Å². The highest BCUT2D eigenvalue weighted by atomic mass is 32.1. The van der Waals surface area contributed by atoms with Crippen LogP contribution in [0.5, 0.6) is 0 Å². The number of hydrogen-bond acceptors (Lipinski definition) is 5. The van der Waals surface area contributed by atoms with Gasteiger partial charge in [0, 0.05) is 31.2 Å². The summed E-state index contributed by atoms with van der Waals surface area (Å²) in [6, 6.07) is 8.73. The molecule has 7 heteroatoms. The molecule has 2 amide bonds. The standard InChI is InChI=1S/C27H36N2O4S/c1-17-14-20(6-7-22(17)19-9-12-32-13-10-19)23-15-18(2)24(34-23)25(30)29-11-8-21(16-29)28-26(31)33-27(3,4)5/h6-7,14-15,19,21H,8-13,16H2,1-5H3,(H,28,31)/t21-/m0/s1. The molecule has 6 nitrogen and oxygen atoms in total. The molecule has 0 unspecified atom stereocenters. The summed E-state index contributed by atoms with van der Waals surface area (Å²) >= 11 is 1.56. The summed E-state index contributed by atoms with van der Waals surface area (Å²) in [6.07, 6.45) is 2.46. The Morgan fingerprint density at radius 1 is 1.09 bits per heavy atom. The Labute approximate surface area is 206 Å². The van der Waals surface area contributed by atoms with Crippen LogP contribution in [0.4, 0.5) is 4.79 Å². The van der Waals surface area contributed by atoms with E-state index in [0.29, 0.717) is 19.0 Å². The zero-order valence-electron chi connectivity index (χ0n) is 20.9. The van der Waals surface area contributed by atoms with Crippen LogP contribution in [0.1, 0.15) is 72.3 Å². The van der Waals surface area contributed by atoms with Gasteiger partial charge in [0.15, 0.2) is 0 Å². The van der Waals surface area contributed by atoms with Gasteiger partial charge >= 0.3 is 6.09 Å². The summed E-state index contributed by atoms with van der Waals surface area (Å²) in [6.45, 7) is 12.5. The number of hydrogen-bond donors (Lipinski definition) is 1. The van der Waals surface area contributed by atoms with Crippen LogP contribution in [0.25, 0.3) is 10.4 Å². The SMILES string of the molecule is Cc1cc(-c2cc(C)c(C(=O)N3CC[C@H](NC(=O)OC(C)(C)C)C3)s2)ccc1C1CCOCC1. The van der Waals surface area contributed by atoms with Gasteiger partial charge in [-0.1, -0.05) is 18.2 Å². The number of aryl methyl sites for hydroxylation is 2. The molecule has 2 aliphatic rings. The Hall–Kier alpha value is -2.38. The first-order chi connectivity index (χ1) is 16.1. The number of alkyl carbamates (subject to hydrolysis) is 1. The molecule has 0 saturated carbocycles. The smallest absolute Gasteiger partial charge is 0.407 e. The minimum atomic E-state index is -0.538. The number of amides is 2. The molecule has 2 fully saturated rings. The van der Waals surface area contributed by atoms with Gasteiger partial charge in [-0.15, -0.1) is 11.3 Å². The molecule has 184 valence electrons. The van der Waals surface area contributed by atoms with Crippen molar-refractivity contribution < 1.29 is 19.1 Å². The molecule has 0 aliphatic carbocycles. The average molecular weight is 485 g/mol. The normalized spacial score (nSPS) is 19.3. The van der Waals surface area contributed by atoms with Crippen molar-refractivity contribution in [2.24, 2.45) is 0 Å². The van der Waals surface area contributed by atoms with Crippen LogP contribution in [-0.2, 0) is 9.47 Å². The van der Waals surface area contributed by atoms with Crippen LogP contribution >= 0.6 is 11.3 Å². The van der Waals surface area contributed by atoms with Crippen LogP contribution in [0.2, 0.25) is 0 Å². The van der Waals surface area contributed by atoms with E-state index >= 15 is 0 Å². The molecule has 0 radical (unpaired) electrons. The van der Waals surface area contributed by atoms with Crippen molar-refractivity contribution in [2.45, 2.75) is 71.4 Å². The molecular weight excluding hydrogens is 448 g/mol. The van der Waals surface area contributed by atoms with Gasteiger partial charge in [0.2, 0.25) is 0 Å². The summed E-state index contributed by atoms with van der Waals surface area (Å²) in [5.41, 5.74) is 4.34. The second kappa shape index (κ2) is 10.1. The monoisotopic (exact) mass is 484 g/mol. The number of nitrogens with zero attached hydrogens (tertiary/aromatic N) is 1. The van der Waals surface area contributed by atoms with Gasteiger partial charge in [-0.3, -0.25) is 4.79 Å². The summed E-state index contributed by atoms with van der Waals surface area (Å²) in [7, 11) is 0. The summed E-state index contributed by atoms with van der Waals surface area (Å²) in [5, 5.41) is 2.90. The number of carbonyl (C=O) groups is 2. The maximum atomic E-state index is 13.3. The zero-order valence-corrected chi connectivity index (χ0v) is 21.7. The molecule has 1 N–H and O–H groups in total. The van der Waals surface area contributed by atoms with Crippen LogP contribution in [0.3, 0.4) is 0 Å². The fraction of sp³-hybridized carbons (Fsp3) is 0.556. The largest absolute Gasteiger partial charge is 0.444 e. The van der Waals surface area contributed by atoms with E-state index in [-0.39, 0.29) is 11.9 Å². The van der Waals surface area contributed by atoms with E-state index < -0.39 is 11.7 Å². The third-order valence-corrected chi connectivity index (χ3v) is 7.80. The number of ether oxygens (including phenoxy) is 2. The van der Waals surface area contributed by atoms with E-state index in [9.17, 15) is 9.59 Å². The van der Waals surface area contributed by atoms with E-state index in [4.69, 9.17) is 9.47 Å². The van der Waals surface area contributed by atoms with Crippen molar-refractivity contribution in [1.82, 2.24) is 10.2 Å². The summed E-state index contributed by atoms with van der Waals surface area (Å²) in [4.78, 5) is 29.1. The van der Waals surface area contributed by atoms with Gasteiger partial charge in [-0.2, -0.15) is 0 Å². The van der Waals surface area contributed by atoms with Gasteiger partial charge in [0.25, 0.3) is 5.91 Å². The molecule has 1 aromatic heterocycles. The number of rotatable bonds is 4. The molecule has 2 aliphatic heterocycles. The Bertz CT molecular complexity index is 1050. The number of benzene rings is 1. The first kappa shape index (κ1) is 24.7. The predicted molar refractivity (Wildman–Crippen MR) is 136 cm³/mol. The van der Waals surface area contributed by atoms with E-state index in [1.165, 1.54) is 11.1 Å². The Morgan fingerprint density at radius 2 is 1.82 bits per heavy atom. The van der Waals surface area contributed by atoms with E-state index in [1.54, 1.807) is 11.3 Å². The van der Waals surface area contributed by atoms with E-state index in [2.05, 4.69) is 36.5 Å². The minimum absolute atomic E-state index is 0.0396. The number of thiophene rings is 1. The Balaban J connectivity index is 1.42. The second-order valence-electron chi connectivity index (χ2n) is 10.5. The molecule has 1 atom stereocenters. The highest BCUT2D eigenvalue weighted by molar-refractivity contribution is 7.17. The lowest BCUT2D eigenvalue weighted by Crippen LogP contribution is -2.41. The number of carbonyl (C=O) groups excluding carboxylic acids is 2. The topological polar surface area (TPSA) is 67.9 Å². The number of likely N-dealkylation sites (tertiary alicyclic amines) is 1. The molecule has 3 heterocycles. The molecule has 1 aromatic carbocycles. The van der Waals surface area contributed by atoms with E-state index in [1.807, 2.05) is 32.6 Å². The van der Waals surface area contributed by atoms with Crippen molar-refractivity contribution in [3.8, 4) is 10.4 Å². The molecule has 0 spiro atoms. The summed E-state index contributed by atoms with van der Waals surface area (Å²) in [5.74, 6) is 0.611. The maximum absolute atomic E-state index is 13.3.